The van der Waals surface area contributed by atoms with E-state index in [1.54, 1.807) is 5.57 Å². The first kappa shape index (κ1) is 41.1. The summed E-state index contributed by atoms with van der Waals surface area (Å²) in [4.78, 5) is 69.5. The smallest absolute Gasteiger partial charge is 0.333 e. The predicted octanol–water partition coefficient (Wildman–Crippen LogP) is 6.40. The number of carbonyl (C=O) groups excluding carboxylic acids is 5. The number of hydrogen-bond donors (Lipinski definition) is 1. The molecule has 12 nitrogen and oxygen atoms in total. The van der Waals surface area contributed by atoms with Crippen molar-refractivity contribution < 1.29 is 43.1 Å². The first-order chi connectivity index (χ1) is 25.5. The molecule has 6 unspecified atom stereocenters. The summed E-state index contributed by atoms with van der Waals surface area (Å²) >= 11 is 0. The molecule has 0 radical (unpaired) electrons. The van der Waals surface area contributed by atoms with E-state index in [1.807, 2.05) is 0 Å². The standard InChI is InChI=1S/C41H63N3O9/c1-29-12-15-34-33-14-13-30-27-31(18-20-41(30,3)35(33)19-21-40(29,34)2)43-52-28-36(46)42-22-24-51-26-25-50-23-8-10-32(45)9-6-4-5-7-11-39(49)53-44-37(47)16-17-38(44)48/h27,29,33-35H,4-26,28H2,1-3H3,(H,42,46)/b43-31+. The lowest BCUT2D eigenvalue weighted by atomic mass is 9.47. The molecule has 4 fully saturated rings. The fourth-order valence-corrected chi connectivity index (χ4v) is 9.96. The molecule has 0 spiro atoms. The van der Waals surface area contributed by atoms with Gasteiger partial charge in [0.05, 0.1) is 25.5 Å². The zero-order chi connectivity index (χ0) is 37.8. The third kappa shape index (κ3) is 10.8. The SMILES string of the molecule is CC1CCC2C3CCC4=C/C(=N/OCC(=O)NCCOCCOCCCC(=O)CCCCCCC(=O)ON5C(=O)CCC5=O)CCC4(C)C3CCC12C. The van der Waals surface area contributed by atoms with Crippen molar-refractivity contribution in [2.24, 2.45) is 39.7 Å². The molecule has 53 heavy (non-hydrogen) atoms. The number of amides is 3. The van der Waals surface area contributed by atoms with Crippen LogP contribution in [0.2, 0.25) is 0 Å². The molecule has 0 aromatic carbocycles. The molecule has 6 atom stereocenters. The quantitative estimate of drug-likeness (QED) is 0.0801. The topological polar surface area (TPSA) is 150 Å². The molecule has 296 valence electrons. The number of ether oxygens (including phenoxy) is 2. The van der Waals surface area contributed by atoms with E-state index in [1.165, 1.54) is 32.1 Å². The Morgan fingerprint density at radius 3 is 2.30 bits per heavy atom. The van der Waals surface area contributed by atoms with Crippen LogP contribution in [-0.2, 0) is 43.1 Å². The molecule has 5 rings (SSSR count). The van der Waals surface area contributed by atoms with Crippen LogP contribution in [0, 0.1) is 34.5 Å². The van der Waals surface area contributed by atoms with Gasteiger partial charge < -0.3 is 24.5 Å². The van der Waals surface area contributed by atoms with Gasteiger partial charge in [-0.2, -0.15) is 0 Å². The van der Waals surface area contributed by atoms with Crippen LogP contribution in [0.4, 0.5) is 0 Å². The van der Waals surface area contributed by atoms with Crippen LogP contribution in [0.3, 0.4) is 0 Å². The van der Waals surface area contributed by atoms with Crippen LogP contribution >= 0.6 is 0 Å². The van der Waals surface area contributed by atoms with Crippen molar-refractivity contribution in [1.29, 1.82) is 0 Å². The first-order valence-corrected chi connectivity index (χ1v) is 20.4. The summed E-state index contributed by atoms with van der Waals surface area (Å²) in [5.41, 5.74) is 3.31. The van der Waals surface area contributed by atoms with Crippen molar-refractivity contribution in [1.82, 2.24) is 10.4 Å². The fraction of sp³-hybridized carbons (Fsp3) is 0.805. The molecule has 4 aliphatic carbocycles. The second-order valence-corrected chi connectivity index (χ2v) is 16.6. The van der Waals surface area contributed by atoms with Crippen molar-refractivity contribution >= 4 is 35.2 Å². The van der Waals surface area contributed by atoms with E-state index in [0.717, 1.165) is 67.9 Å². The summed E-state index contributed by atoms with van der Waals surface area (Å²) in [5.74, 6) is 1.80. The number of nitrogens with one attached hydrogen (secondary N) is 1. The van der Waals surface area contributed by atoms with Gasteiger partial charge in [0, 0.05) is 45.3 Å². The zero-order valence-corrected chi connectivity index (χ0v) is 32.4. The number of oxime groups is 1. The molecule has 3 amide bonds. The maximum absolute atomic E-state index is 12.3. The van der Waals surface area contributed by atoms with Crippen molar-refractivity contribution in [2.45, 2.75) is 136 Å². The van der Waals surface area contributed by atoms with Crippen molar-refractivity contribution in [3.63, 3.8) is 0 Å². The lowest BCUT2D eigenvalue weighted by Crippen LogP contribution is -2.50. The maximum Gasteiger partial charge on any atom is 0.333 e. The molecule has 5 aliphatic rings. The Morgan fingerprint density at radius 2 is 1.53 bits per heavy atom. The largest absolute Gasteiger partial charge is 0.385 e. The second-order valence-electron chi connectivity index (χ2n) is 16.6. The molecular weight excluding hydrogens is 678 g/mol. The minimum atomic E-state index is -0.588. The van der Waals surface area contributed by atoms with Crippen molar-refractivity contribution in [3.05, 3.63) is 11.6 Å². The number of allylic oxidation sites excluding steroid dienone is 2. The summed E-state index contributed by atoms with van der Waals surface area (Å²) in [5, 5.41) is 7.73. The number of Topliss-reactive ketones (excluding diaryl/α,β-unsaturated/α-hetero) is 1. The van der Waals surface area contributed by atoms with Crippen LogP contribution in [0.1, 0.15) is 136 Å². The highest BCUT2D eigenvalue weighted by molar-refractivity contribution is 6.01. The van der Waals surface area contributed by atoms with E-state index in [-0.39, 0.29) is 43.0 Å². The summed E-state index contributed by atoms with van der Waals surface area (Å²) in [7, 11) is 0. The van der Waals surface area contributed by atoms with Crippen LogP contribution in [0.5, 0.6) is 0 Å². The number of fused-ring (bicyclic) bond motifs is 5. The second kappa shape index (κ2) is 19.5. The van der Waals surface area contributed by atoms with Crippen molar-refractivity contribution in [3.8, 4) is 0 Å². The van der Waals surface area contributed by atoms with Gasteiger partial charge in [-0.15, -0.1) is 5.06 Å². The molecule has 0 aromatic heterocycles. The van der Waals surface area contributed by atoms with Crippen LogP contribution < -0.4 is 5.32 Å². The summed E-state index contributed by atoms with van der Waals surface area (Å²) in [6.07, 6.45) is 17.1. The molecule has 3 saturated carbocycles. The Morgan fingerprint density at radius 1 is 0.811 bits per heavy atom. The third-order valence-corrected chi connectivity index (χ3v) is 13.3. The predicted molar refractivity (Wildman–Crippen MR) is 198 cm³/mol. The molecular formula is C41H63N3O9. The first-order valence-electron chi connectivity index (χ1n) is 20.4. The summed E-state index contributed by atoms with van der Waals surface area (Å²) < 4.78 is 11.1. The lowest BCUT2D eigenvalue weighted by Gasteiger charge is -2.58. The fourth-order valence-electron chi connectivity index (χ4n) is 9.96. The molecule has 12 heteroatoms. The molecule has 1 heterocycles. The summed E-state index contributed by atoms with van der Waals surface area (Å²) in [6, 6.07) is 0. The van der Waals surface area contributed by atoms with E-state index >= 15 is 0 Å². The van der Waals surface area contributed by atoms with E-state index in [0.29, 0.717) is 69.1 Å². The van der Waals surface area contributed by atoms with Gasteiger partial charge in [0.2, 0.25) is 0 Å². The molecule has 1 N–H and O–H groups in total. The minimum Gasteiger partial charge on any atom is -0.385 e. The number of carbonyl (C=O) groups is 5. The molecule has 1 aliphatic heterocycles. The van der Waals surface area contributed by atoms with E-state index in [4.69, 9.17) is 19.1 Å². The number of imide groups is 1. The number of hydroxylamine groups is 2. The minimum absolute atomic E-state index is 0.0793. The monoisotopic (exact) mass is 741 g/mol. The number of unbranched alkanes of at least 4 members (excludes halogenated alkanes) is 3. The molecule has 0 bridgehead atoms. The highest BCUT2D eigenvalue weighted by atomic mass is 16.7. The van der Waals surface area contributed by atoms with E-state index in [9.17, 15) is 24.0 Å². The number of hydrogen-bond acceptors (Lipinski definition) is 10. The third-order valence-electron chi connectivity index (χ3n) is 13.3. The Balaban J connectivity index is 0.821. The van der Waals surface area contributed by atoms with Gasteiger partial charge in [-0.3, -0.25) is 19.2 Å². The van der Waals surface area contributed by atoms with Crippen LogP contribution in [-0.4, -0.2) is 79.8 Å². The van der Waals surface area contributed by atoms with Crippen molar-refractivity contribution in [2.75, 3.05) is 39.6 Å². The van der Waals surface area contributed by atoms with E-state index < -0.39 is 17.8 Å². The van der Waals surface area contributed by atoms with Gasteiger partial charge in [-0.1, -0.05) is 44.3 Å². The highest BCUT2D eigenvalue weighted by Gasteiger charge is 2.57. The van der Waals surface area contributed by atoms with Gasteiger partial charge in [0.25, 0.3) is 17.7 Å². The van der Waals surface area contributed by atoms with Gasteiger partial charge in [0.15, 0.2) is 6.61 Å². The van der Waals surface area contributed by atoms with Gasteiger partial charge in [-0.05, 0) is 111 Å². The van der Waals surface area contributed by atoms with Gasteiger partial charge >= 0.3 is 5.97 Å². The normalized spacial score (nSPS) is 30.1. The van der Waals surface area contributed by atoms with Crippen LogP contribution in [0.25, 0.3) is 0 Å². The number of nitrogens with zero attached hydrogens (tertiary/aromatic N) is 2. The number of rotatable bonds is 21. The summed E-state index contributed by atoms with van der Waals surface area (Å²) in [6.45, 7) is 9.50. The van der Waals surface area contributed by atoms with Gasteiger partial charge in [-0.25, -0.2) is 4.79 Å². The lowest BCUT2D eigenvalue weighted by molar-refractivity contribution is -0.197. The average molecular weight is 742 g/mol. The van der Waals surface area contributed by atoms with E-state index in [2.05, 4.69) is 37.3 Å². The number of ketones is 1. The Bertz CT molecular complexity index is 1360. The highest BCUT2D eigenvalue weighted by Crippen LogP contribution is 2.66. The molecule has 0 aromatic rings. The molecule has 1 saturated heterocycles. The Kier molecular flexibility index (Phi) is 15.1. The van der Waals surface area contributed by atoms with Gasteiger partial charge in [0.1, 0.15) is 5.78 Å². The van der Waals surface area contributed by atoms with Crippen LogP contribution in [0.15, 0.2) is 16.8 Å². The maximum atomic E-state index is 12.3. The zero-order valence-electron chi connectivity index (χ0n) is 32.4. The average Bonchev–Trinajstić information content (AvgIpc) is 3.62. The Hall–Kier alpha value is -3.12. The Labute approximate surface area is 315 Å².